The number of anilines is 1. The Bertz CT molecular complexity index is 888. The van der Waals surface area contributed by atoms with Crippen molar-refractivity contribution in [1.29, 1.82) is 0 Å². The van der Waals surface area contributed by atoms with Crippen LogP contribution in [0.3, 0.4) is 0 Å². The normalized spacial score (nSPS) is 16.7. The SMILES string of the molecule is C[C@@H]1c2cccn2CCN1CC(=O)N(Cc1ccccc1)c1ccccc1. The Balaban J connectivity index is 1.54. The number of carbonyl (C=O) groups excluding carboxylic acids is 1. The standard InChI is InChI=1S/C23H25N3O/c1-19-22-13-8-14-24(22)15-16-25(19)18-23(27)26(21-11-6-3-7-12-21)17-20-9-4-2-5-10-20/h2-14,19H,15-18H2,1H3/t19-/m1/s1. The van der Waals surface area contributed by atoms with Crippen LogP contribution < -0.4 is 4.90 Å². The zero-order valence-corrected chi connectivity index (χ0v) is 15.7. The number of nitrogens with zero attached hydrogens (tertiary/aromatic N) is 3. The van der Waals surface area contributed by atoms with Gasteiger partial charge in [-0.3, -0.25) is 9.69 Å². The first-order valence-electron chi connectivity index (χ1n) is 9.51. The Morgan fingerprint density at radius 1 is 0.963 bits per heavy atom. The average Bonchev–Trinajstić information content (AvgIpc) is 3.19. The van der Waals surface area contributed by atoms with Gasteiger partial charge in [0.1, 0.15) is 0 Å². The number of rotatable bonds is 5. The van der Waals surface area contributed by atoms with Crippen molar-refractivity contribution in [3.05, 3.63) is 90.3 Å². The molecule has 1 amide bonds. The van der Waals surface area contributed by atoms with Gasteiger partial charge in [0.25, 0.3) is 0 Å². The van der Waals surface area contributed by atoms with E-state index in [0.717, 1.165) is 24.3 Å². The molecule has 4 rings (SSSR count). The third kappa shape index (κ3) is 3.81. The van der Waals surface area contributed by atoms with Crippen molar-refractivity contribution in [3.8, 4) is 0 Å². The highest BCUT2D eigenvalue weighted by Gasteiger charge is 2.27. The van der Waals surface area contributed by atoms with Gasteiger partial charge in [-0.15, -0.1) is 0 Å². The molecule has 1 aliphatic heterocycles. The highest BCUT2D eigenvalue weighted by molar-refractivity contribution is 5.94. The van der Waals surface area contributed by atoms with E-state index in [1.54, 1.807) is 0 Å². The van der Waals surface area contributed by atoms with E-state index in [-0.39, 0.29) is 11.9 Å². The van der Waals surface area contributed by atoms with Crippen LogP contribution in [0.5, 0.6) is 0 Å². The van der Waals surface area contributed by atoms with Crippen LogP contribution in [-0.4, -0.2) is 28.5 Å². The molecular weight excluding hydrogens is 334 g/mol. The highest BCUT2D eigenvalue weighted by atomic mass is 16.2. The van der Waals surface area contributed by atoms with Crippen molar-refractivity contribution < 1.29 is 4.79 Å². The second-order valence-corrected chi connectivity index (χ2v) is 7.07. The van der Waals surface area contributed by atoms with Crippen molar-refractivity contribution in [2.75, 3.05) is 18.0 Å². The van der Waals surface area contributed by atoms with Crippen molar-refractivity contribution >= 4 is 11.6 Å². The molecule has 0 saturated heterocycles. The van der Waals surface area contributed by atoms with E-state index < -0.39 is 0 Å². The van der Waals surface area contributed by atoms with Gasteiger partial charge in [-0.2, -0.15) is 0 Å². The van der Waals surface area contributed by atoms with E-state index in [0.29, 0.717) is 13.1 Å². The van der Waals surface area contributed by atoms with Crippen LogP contribution in [0.2, 0.25) is 0 Å². The van der Waals surface area contributed by atoms with Crippen LogP contribution >= 0.6 is 0 Å². The molecule has 1 aromatic heterocycles. The van der Waals surface area contributed by atoms with Gasteiger partial charge in [0, 0.05) is 36.7 Å². The quantitative estimate of drug-likeness (QED) is 0.686. The van der Waals surface area contributed by atoms with E-state index in [9.17, 15) is 4.79 Å². The lowest BCUT2D eigenvalue weighted by molar-refractivity contribution is -0.120. The molecule has 2 aromatic carbocycles. The average molecular weight is 359 g/mol. The molecule has 27 heavy (non-hydrogen) atoms. The third-order valence-corrected chi connectivity index (χ3v) is 5.36. The minimum absolute atomic E-state index is 0.136. The van der Waals surface area contributed by atoms with Crippen LogP contribution in [0, 0.1) is 0 Å². The van der Waals surface area contributed by atoms with Gasteiger partial charge in [-0.1, -0.05) is 48.5 Å². The fourth-order valence-electron chi connectivity index (χ4n) is 3.80. The number of carbonyl (C=O) groups is 1. The molecule has 0 unspecified atom stereocenters. The fourth-order valence-corrected chi connectivity index (χ4v) is 3.80. The van der Waals surface area contributed by atoms with Crippen molar-refractivity contribution in [2.45, 2.75) is 26.1 Å². The van der Waals surface area contributed by atoms with Crippen molar-refractivity contribution in [2.24, 2.45) is 0 Å². The fraction of sp³-hybridized carbons (Fsp3) is 0.261. The lowest BCUT2D eigenvalue weighted by atomic mass is 10.1. The summed E-state index contributed by atoms with van der Waals surface area (Å²) >= 11 is 0. The third-order valence-electron chi connectivity index (χ3n) is 5.36. The predicted molar refractivity (Wildman–Crippen MR) is 108 cm³/mol. The number of hydrogen-bond donors (Lipinski definition) is 0. The lowest BCUT2D eigenvalue weighted by Crippen LogP contribution is -2.44. The van der Waals surface area contributed by atoms with E-state index in [2.05, 4.69) is 46.9 Å². The molecule has 2 heterocycles. The Kier molecular flexibility index (Phi) is 5.07. The topological polar surface area (TPSA) is 28.5 Å². The first-order chi connectivity index (χ1) is 13.2. The summed E-state index contributed by atoms with van der Waals surface area (Å²) in [5.74, 6) is 0.136. The Hall–Kier alpha value is -2.85. The number of para-hydroxylation sites is 1. The summed E-state index contributed by atoms with van der Waals surface area (Å²) in [4.78, 5) is 17.5. The smallest absolute Gasteiger partial charge is 0.241 e. The highest BCUT2D eigenvalue weighted by Crippen LogP contribution is 2.26. The second kappa shape index (κ2) is 7.80. The molecule has 0 radical (unpaired) electrons. The van der Waals surface area contributed by atoms with Gasteiger partial charge in [-0.05, 0) is 36.8 Å². The van der Waals surface area contributed by atoms with E-state index >= 15 is 0 Å². The summed E-state index contributed by atoms with van der Waals surface area (Å²) in [6.45, 7) is 5.02. The molecule has 0 spiro atoms. The molecule has 4 heteroatoms. The summed E-state index contributed by atoms with van der Waals surface area (Å²) in [5.41, 5.74) is 3.36. The molecule has 4 nitrogen and oxygen atoms in total. The van der Waals surface area contributed by atoms with Crippen LogP contribution in [0.25, 0.3) is 0 Å². The van der Waals surface area contributed by atoms with Gasteiger partial charge in [-0.25, -0.2) is 0 Å². The zero-order valence-electron chi connectivity index (χ0n) is 15.7. The van der Waals surface area contributed by atoms with Gasteiger partial charge in [0.15, 0.2) is 0 Å². The van der Waals surface area contributed by atoms with Crippen LogP contribution in [0.1, 0.15) is 24.2 Å². The maximum atomic E-state index is 13.3. The predicted octanol–water partition coefficient (Wildman–Crippen LogP) is 4.10. The lowest BCUT2D eigenvalue weighted by Gasteiger charge is -2.35. The molecule has 0 N–H and O–H groups in total. The summed E-state index contributed by atoms with van der Waals surface area (Å²) in [5, 5.41) is 0. The van der Waals surface area contributed by atoms with Crippen LogP contribution in [-0.2, 0) is 17.9 Å². The van der Waals surface area contributed by atoms with E-state index in [4.69, 9.17) is 0 Å². The molecule has 0 fully saturated rings. The first-order valence-corrected chi connectivity index (χ1v) is 9.51. The van der Waals surface area contributed by atoms with Crippen molar-refractivity contribution in [1.82, 2.24) is 9.47 Å². The van der Waals surface area contributed by atoms with E-state index in [1.165, 1.54) is 5.69 Å². The summed E-state index contributed by atoms with van der Waals surface area (Å²) < 4.78 is 2.28. The largest absolute Gasteiger partial charge is 0.349 e. The van der Waals surface area contributed by atoms with Crippen molar-refractivity contribution in [3.63, 3.8) is 0 Å². The number of hydrogen-bond acceptors (Lipinski definition) is 2. The minimum atomic E-state index is 0.136. The summed E-state index contributed by atoms with van der Waals surface area (Å²) in [6, 6.07) is 24.6. The number of benzene rings is 2. The zero-order chi connectivity index (χ0) is 18.6. The van der Waals surface area contributed by atoms with Gasteiger partial charge in [0.2, 0.25) is 5.91 Å². The maximum Gasteiger partial charge on any atom is 0.241 e. The Labute approximate surface area is 160 Å². The Morgan fingerprint density at radius 2 is 1.67 bits per heavy atom. The minimum Gasteiger partial charge on any atom is -0.349 e. The molecule has 1 aliphatic rings. The molecule has 0 saturated carbocycles. The van der Waals surface area contributed by atoms with Gasteiger partial charge < -0.3 is 9.47 Å². The molecule has 138 valence electrons. The number of aromatic nitrogens is 1. The Morgan fingerprint density at radius 3 is 2.41 bits per heavy atom. The molecule has 0 bridgehead atoms. The number of fused-ring (bicyclic) bond motifs is 1. The summed E-state index contributed by atoms with van der Waals surface area (Å²) in [6.07, 6.45) is 2.12. The molecular formula is C23H25N3O. The van der Waals surface area contributed by atoms with E-state index in [1.807, 2.05) is 53.4 Å². The first kappa shape index (κ1) is 17.6. The number of amides is 1. The van der Waals surface area contributed by atoms with Gasteiger partial charge >= 0.3 is 0 Å². The second-order valence-electron chi connectivity index (χ2n) is 7.07. The molecule has 1 atom stereocenters. The monoisotopic (exact) mass is 359 g/mol. The van der Waals surface area contributed by atoms with Gasteiger partial charge in [0.05, 0.1) is 13.1 Å². The van der Waals surface area contributed by atoms with Crippen LogP contribution in [0.15, 0.2) is 79.0 Å². The molecule has 3 aromatic rings. The van der Waals surface area contributed by atoms with Crippen LogP contribution in [0.4, 0.5) is 5.69 Å². The molecule has 0 aliphatic carbocycles. The maximum absolute atomic E-state index is 13.3. The summed E-state index contributed by atoms with van der Waals surface area (Å²) in [7, 11) is 0.